The monoisotopic (exact) mass is 324 g/mol. The third-order valence-corrected chi connectivity index (χ3v) is 3.87. The van der Waals surface area contributed by atoms with E-state index in [2.05, 4.69) is 15.0 Å². The van der Waals surface area contributed by atoms with Crippen molar-refractivity contribution in [3.63, 3.8) is 0 Å². The predicted octanol–water partition coefficient (Wildman–Crippen LogP) is 4.28. The largest absolute Gasteiger partial charge is 0.301 e. The molecule has 0 aliphatic rings. The first-order chi connectivity index (χ1) is 11.2. The molecule has 112 valence electrons. The van der Waals surface area contributed by atoms with E-state index in [-0.39, 0.29) is 0 Å². The zero-order valence-electron chi connectivity index (χ0n) is 11.8. The highest BCUT2D eigenvalue weighted by molar-refractivity contribution is 6.35. The van der Waals surface area contributed by atoms with Crippen LogP contribution in [0.5, 0.6) is 0 Å². The van der Waals surface area contributed by atoms with Crippen molar-refractivity contribution in [2.24, 2.45) is 0 Å². The maximum Gasteiger partial charge on any atom is 0.150 e. The molecule has 0 amide bonds. The highest BCUT2D eigenvalue weighted by Crippen LogP contribution is 2.34. The average molecular weight is 325 g/mol. The fraction of sp³-hybridized carbons (Fsp3) is 0. The first-order valence-corrected chi connectivity index (χ1v) is 7.30. The number of pyridine rings is 1. The highest BCUT2D eigenvalue weighted by Gasteiger charge is 2.16. The van der Waals surface area contributed by atoms with Crippen molar-refractivity contribution in [1.29, 1.82) is 0 Å². The number of rotatable bonds is 2. The summed E-state index contributed by atoms with van der Waals surface area (Å²) < 4.78 is 15.5. The van der Waals surface area contributed by atoms with E-state index in [0.717, 1.165) is 17.4 Å². The molecule has 0 saturated carbocycles. The molecule has 0 aliphatic heterocycles. The van der Waals surface area contributed by atoms with E-state index >= 15 is 0 Å². The summed E-state index contributed by atoms with van der Waals surface area (Å²) in [7, 11) is 0. The molecule has 3 heterocycles. The van der Waals surface area contributed by atoms with E-state index in [1.807, 2.05) is 41.1 Å². The summed E-state index contributed by atoms with van der Waals surface area (Å²) in [5.41, 5.74) is 2.96. The van der Waals surface area contributed by atoms with Crippen LogP contribution in [0.15, 0.2) is 61.3 Å². The normalized spacial score (nSPS) is 11.0. The molecule has 0 atom stereocenters. The number of benzene rings is 1. The Morgan fingerprint density at radius 2 is 1.87 bits per heavy atom. The van der Waals surface area contributed by atoms with Gasteiger partial charge in [0.2, 0.25) is 0 Å². The smallest absolute Gasteiger partial charge is 0.150 e. The average Bonchev–Trinajstić information content (AvgIpc) is 2.97. The van der Waals surface area contributed by atoms with Crippen LogP contribution >= 0.6 is 11.6 Å². The highest BCUT2D eigenvalue weighted by atomic mass is 35.5. The number of hydrogen-bond acceptors (Lipinski definition) is 3. The molecule has 0 N–H and O–H groups in total. The lowest BCUT2D eigenvalue weighted by molar-refractivity contribution is 0.622. The molecular formula is C17H10ClFN4. The summed E-state index contributed by atoms with van der Waals surface area (Å²) in [5, 5.41) is 0.995. The molecule has 4 nitrogen and oxygen atoms in total. The lowest BCUT2D eigenvalue weighted by atomic mass is 10.1. The van der Waals surface area contributed by atoms with Gasteiger partial charge in [0.15, 0.2) is 0 Å². The van der Waals surface area contributed by atoms with Gasteiger partial charge in [0.1, 0.15) is 22.9 Å². The van der Waals surface area contributed by atoms with E-state index in [1.165, 1.54) is 12.4 Å². The van der Waals surface area contributed by atoms with Crippen molar-refractivity contribution in [2.45, 2.75) is 0 Å². The van der Waals surface area contributed by atoms with Crippen molar-refractivity contribution in [1.82, 2.24) is 19.5 Å². The van der Waals surface area contributed by atoms with Gasteiger partial charge in [-0.3, -0.25) is 4.98 Å². The summed E-state index contributed by atoms with van der Waals surface area (Å²) >= 11 is 6.27. The summed E-state index contributed by atoms with van der Waals surface area (Å²) in [6.45, 7) is 0. The molecule has 0 radical (unpaired) electrons. The standard InChI is InChI=1S/C17H10ClFN4/c18-16-15-14(11-6-12(19)8-20-7-11)9-23(17(15)22-10-21-16)13-4-2-1-3-5-13/h1-10H. The topological polar surface area (TPSA) is 43.6 Å². The second-order valence-electron chi connectivity index (χ2n) is 5.00. The molecule has 4 aromatic rings. The van der Waals surface area contributed by atoms with Crippen LogP contribution in [0.3, 0.4) is 0 Å². The maximum absolute atomic E-state index is 13.5. The first kappa shape index (κ1) is 13.8. The molecule has 0 spiro atoms. The summed E-state index contributed by atoms with van der Waals surface area (Å²) in [6.07, 6.45) is 6.04. The van der Waals surface area contributed by atoms with Gasteiger partial charge in [0, 0.05) is 29.2 Å². The van der Waals surface area contributed by atoms with Gasteiger partial charge in [-0.25, -0.2) is 14.4 Å². The number of hydrogen-bond donors (Lipinski definition) is 0. The van der Waals surface area contributed by atoms with Crippen LogP contribution in [0.25, 0.3) is 27.8 Å². The Labute approximate surface area is 136 Å². The third kappa shape index (κ3) is 2.35. The molecule has 0 saturated heterocycles. The molecule has 0 aliphatic carbocycles. The zero-order valence-corrected chi connectivity index (χ0v) is 12.6. The van der Waals surface area contributed by atoms with E-state index in [1.54, 1.807) is 6.20 Å². The maximum atomic E-state index is 13.5. The van der Waals surface area contributed by atoms with Crippen LogP contribution in [0.4, 0.5) is 4.39 Å². The van der Waals surface area contributed by atoms with Gasteiger partial charge < -0.3 is 4.57 Å². The van der Waals surface area contributed by atoms with Gasteiger partial charge in [0.05, 0.1) is 11.6 Å². The molecule has 0 bridgehead atoms. The Bertz CT molecular complexity index is 998. The third-order valence-electron chi connectivity index (χ3n) is 3.59. The van der Waals surface area contributed by atoms with E-state index in [4.69, 9.17) is 11.6 Å². The second-order valence-corrected chi connectivity index (χ2v) is 5.36. The Morgan fingerprint density at radius 1 is 1.04 bits per heavy atom. The van der Waals surface area contributed by atoms with Gasteiger partial charge in [-0.15, -0.1) is 0 Å². The lowest BCUT2D eigenvalue weighted by Gasteiger charge is -2.03. The number of fused-ring (bicyclic) bond motifs is 1. The Morgan fingerprint density at radius 3 is 2.65 bits per heavy atom. The molecule has 1 aromatic carbocycles. The van der Waals surface area contributed by atoms with Crippen LogP contribution in [-0.4, -0.2) is 19.5 Å². The minimum absolute atomic E-state index is 0.323. The fourth-order valence-electron chi connectivity index (χ4n) is 2.59. The van der Waals surface area contributed by atoms with E-state index < -0.39 is 5.82 Å². The summed E-state index contributed by atoms with van der Waals surface area (Å²) in [5.74, 6) is -0.406. The number of aromatic nitrogens is 4. The van der Waals surface area contributed by atoms with Crippen LogP contribution in [0, 0.1) is 5.82 Å². The zero-order chi connectivity index (χ0) is 15.8. The Kier molecular flexibility index (Phi) is 3.28. The Balaban J connectivity index is 2.06. The molecule has 23 heavy (non-hydrogen) atoms. The van der Waals surface area contributed by atoms with Crippen LogP contribution < -0.4 is 0 Å². The minimum Gasteiger partial charge on any atom is -0.301 e. The minimum atomic E-state index is -0.406. The molecule has 0 fully saturated rings. The van der Waals surface area contributed by atoms with Crippen molar-refractivity contribution < 1.29 is 4.39 Å². The first-order valence-electron chi connectivity index (χ1n) is 6.92. The summed E-state index contributed by atoms with van der Waals surface area (Å²) in [6, 6.07) is 11.2. The predicted molar refractivity (Wildman–Crippen MR) is 87.1 cm³/mol. The van der Waals surface area contributed by atoms with Gasteiger partial charge in [-0.2, -0.15) is 0 Å². The molecule has 4 rings (SSSR count). The molecule has 6 heteroatoms. The molecule has 3 aromatic heterocycles. The van der Waals surface area contributed by atoms with E-state index in [0.29, 0.717) is 21.7 Å². The van der Waals surface area contributed by atoms with Gasteiger partial charge in [-0.05, 0) is 18.2 Å². The number of para-hydroxylation sites is 1. The molecule has 0 unspecified atom stereocenters. The quantitative estimate of drug-likeness (QED) is 0.517. The van der Waals surface area contributed by atoms with Crippen LogP contribution in [0.2, 0.25) is 5.15 Å². The van der Waals surface area contributed by atoms with Crippen molar-refractivity contribution in [2.75, 3.05) is 0 Å². The van der Waals surface area contributed by atoms with E-state index in [9.17, 15) is 4.39 Å². The Hall–Kier alpha value is -2.79. The lowest BCUT2D eigenvalue weighted by Crippen LogP contribution is -1.93. The number of nitrogens with zero attached hydrogens (tertiary/aromatic N) is 4. The van der Waals surface area contributed by atoms with Crippen LogP contribution in [0.1, 0.15) is 0 Å². The summed E-state index contributed by atoms with van der Waals surface area (Å²) in [4.78, 5) is 12.3. The fourth-order valence-corrected chi connectivity index (χ4v) is 2.82. The van der Waals surface area contributed by atoms with Crippen molar-refractivity contribution in [3.05, 3.63) is 72.3 Å². The van der Waals surface area contributed by atoms with Crippen molar-refractivity contribution >= 4 is 22.6 Å². The van der Waals surface area contributed by atoms with Gasteiger partial charge in [0.25, 0.3) is 0 Å². The van der Waals surface area contributed by atoms with Gasteiger partial charge >= 0.3 is 0 Å². The van der Waals surface area contributed by atoms with Gasteiger partial charge in [-0.1, -0.05) is 29.8 Å². The van der Waals surface area contributed by atoms with Crippen LogP contribution in [-0.2, 0) is 0 Å². The molecular weight excluding hydrogens is 315 g/mol. The number of halogens is 2. The second kappa shape index (κ2) is 5.44. The van der Waals surface area contributed by atoms with Crippen molar-refractivity contribution in [3.8, 4) is 16.8 Å². The SMILES string of the molecule is Fc1cncc(-c2cn(-c3ccccc3)c3ncnc(Cl)c23)c1.